The third-order valence-electron chi connectivity index (χ3n) is 2.68. The summed E-state index contributed by atoms with van der Waals surface area (Å²) in [6.07, 6.45) is -2.82. The highest BCUT2D eigenvalue weighted by atomic mass is 19.4. The monoisotopic (exact) mass is 244 g/mol. The van der Waals surface area contributed by atoms with Gasteiger partial charge in [-0.2, -0.15) is 13.2 Å². The van der Waals surface area contributed by atoms with Gasteiger partial charge in [-0.25, -0.2) is 0 Å². The van der Waals surface area contributed by atoms with Gasteiger partial charge in [0.1, 0.15) is 0 Å². The Morgan fingerprint density at radius 2 is 1.76 bits per heavy atom. The van der Waals surface area contributed by atoms with Crippen LogP contribution in [-0.4, -0.2) is 24.5 Å². The molecule has 1 aromatic carbocycles. The van der Waals surface area contributed by atoms with Gasteiger partial charge in [-0.15, -0.1) is 0 Å². The van der Waals surface area contributed by atoms with E-state index >= 15 is 0 Å². The number of rotatable bonds is 2. The number of amides is 1. The molecule has 3 nitrogen and oxygen atoms in total. The Bertz CT molecular complexity index is 402. The number of carbonyl (C=O) groups excluding carboxylic acids is 1. The van der Waals surface area contributed by atoms with Crippen molar-refractivity contribution in [2.75, 3.05) is 18.1 Å². The molecule has 0 unspecified atom stereocenters. The fraction of sp³-hybridized carbons (Fsp3) is 0.364. The molecule has 0 aliphatic carbocycles. The van der Waals surface area contributed by atoms with E-state index in [1.165, 1.54) is 17.1 Å². The molecule has 17 heavy (non-hydrogen) atoms. The summed E-state index contributed by atoms with van der Waals surface area (Å²) in [6, 6.07) is 4.81. The first kappa shape index (κ1) is 11.8. The van der Waals surface area contributed by atoms with E-state index in [4.69, 9.17) is 0 Å². The summed E-state index contributed by atoms with van der Waals surface area (Å²) in [7, 11) is 0. The first-order valence-corrected chi connectivity index (χ1v) is 5.19. The zero-order valence-corrected chi connectivity index (χ0v) is 8.94. The molecule has 0 bridgehead atoms. The fourth-order valence-corrected chi connectivity index (χ4v) is 1.84. The van der Waals surface area contributed by atoms with Crippen LogP contribution >= 0.6 is 0 Å². The van der Waals surface area contributed by atoms with Crippen molar-refractivity contribution in [3.05, 3.63) is 29.8 Å². The van der Waals surface area contributed by atoms with Crippen LogP contribution in [-0.2, 0) is 11.0 Å². The highest BCUT2D eigenvalue weighted by Crippen LogP contribution is 2.31. The van der Waals surface area contributed by atoms with Crippen molar-refractivity contribution in [1.29, 1.82) is 0 Å². The molecule has 1 heterocycles. The van der Waals surface area contributed by atoms with Crippen molar-refractivity contribution in [2.45, 2.75) is 12.6 Å². The minimum atomic E-state index is -4.33. The SMILES string of the molecule is O=CN1CCCN1c1ccc(C(F)(F)F)cc1. The van der Waals surface area contributed by atoms with Gasteiger partial charge in [-0.1, -0.05) is 0 Å². The summed E-state index contributed by atoms with van der Waals surface area (Å²) in [4.78, 5) is 10.7. The van der Waals surface area contributed by atoms with Crippen LogP contribution < -0.4 is 5.01 Å². The summed E-state index contributed by atoms with van der Waals surface area (Å²) in [5, 5.41) is 3.13. The van der Waals surface area contributed by atoms with Crippen molar-refractivity contribution in [3.63, 3.8) is 0 Å². The number of hydrogen-bond donors (Lipinski definition) is 0. The number of halogens is 3. The molecule has 0 atom stereocenters. The zero-order chi connectivity index (χ0) is 12.5. The van der Waals surface area contributed by atoms with Crippen LogP contribution in [0, 0.1) is 0 Å². The molecule has 0 saturated carbocycles. The van der Waals surface area contributed by atoms with Gasteiger partial charge in [-0.05, 0) is 30.7 Å². The topological polar surface area (TPSA) is 23.6 Å². The summed E-state index contributed by atoms with van der Waals surface area (Å²) in [5.74, 6) is 0. The maximum Gasteiger partial charge on any atom is 0.416 e. The first-order valence-electron chi connectivity index (χ1n) is 5.19. The Morgan fingerprint density at radius 1 is 1.12 bits per heavy atom. The minimum Gasteiger partial charge on any atom is -0.283 e. The van der Waals surface area contributed by atoms with E-state index < -0.39 is 11.7 Å². The number of hydrazine groups is 1. The van der Waals surface area contributed by atoms with E-state index in [2.05, 4.69) is 0 Å². The second kappa shape index (κ2) is 4.27. The van der Waals surface area contributed by atoms with Crippen LogP contribution in [0.5, 0.6) is 0 Å². The largest absolute Gasteiger partial charge is 0.416 e. The number of alkyl halides is 3. The minimum absolute atomic E-state index is 0.600. The lowest BCUT2D eigenvalue weighted by atomic mass is 10.2. The molecule has 1 aliphatic heterocycles. The van der Waals surface area contributed by atoms with Crippen molar-refractivity contribution in [1.82, 2.24) is 5.01 Å². The Hall–Kier alpha value is -1.72. The smallest absolute Gasteiger partial charge is 0.283 e. The molecule has 0 spiro atoms. The number of nitrogens with zero attached hydrogens (tertiary/aromatic N) is 2. The molecule has 0 aromatic heterocycles. The zero-order valence-electron chi connectivity index (χ0n) is 8.94. The van der Waals surface area contributed by atoms with Crippen LogP contribution in [0.4, 0.5) is 18.9 Å². The van der Waals surface area contributed by atoms with E-state index in [9.17, 15) is 18.0 Å². The van der Waals surface area contributed by atoms with Gasteiger partial charge in [0, 0.05) is 13.1 Å². The summed E-state index contributed by atoms with van der Waals surface area (Å²) in [5.41, 5.74) is -0.0827. The highest BCUT2D eigenvalue weighted by molar-refractivity contribution is 5.57. The Morgan fingerprint density at radius 3 is 2.29 bits per heavy atom. The lowest BCUT2D eigenvalue weighted by molar-refractivity contribution is -0.137. The van der Waals surface area contributed by atoms with Gasteiger partial charge in [0.05, 0.1) is 11.3 Å². The standard InChI is InChI=1S/C11H11F3N2O/c12-11(13,14)9-2-4-10(5-3-9)16-7-1-6-15(16)8-17/h2-5,8H,1,6-7H2. The van der Waals surface area contributed by atoms with Gasteiger partial charge in [-0.3, -0.25) is 14.8 Å². The van der Waals surface area contributed by atoms with Crippen LogP contribution in [0.25, 0.3) is 0 Å². The third kappa shape index (κ3) is 2.35. The van der Waals surface area contributed by atoms with Crippen molar-refractivity contribution in [3.8, 4) is 0 Å². The molecule has 1 aliphatic rings. The predicted octanol–water partition coefficient (Wildman–Crippen LogP) is 2.29. The molecule has 6 heteroatoms. The molecule has 1 fully saturated rings. The molecular weight excluding hydrogens is 233 g/mol. The molecule has 1 amide bonds. The maximum absolute atomic E-state index is 12.4. The molecule has 2 rings (SSSR count). The Balaban J connectivity index is 2.21. The molecule has 1 aromatic rings. The van der Waals surface area contributed by atoms with Crippen molar-refractivity contribution >= 4 is 12.1 Å². The van der Waals surface area contributed by atoms with E-state index in [1.807, 2.05) is 0 Å². The second-order valence-electron chi connectivity index (χ2n) is 3.79. The predicted molar refractivity (Wildman–Crippen MR) is 56.2 cm³/mol. The summed E-state index contributed by atoms with van der Waals surface area (Å²) in [6.45, 7) is 1.24. The van der Waals surface area contributed by atoms with Crippen molar-refractivity contribution in [2.24, 2.45) is 0 Å². The normalized spacial score (nSPS) is 16.4. The van der Waals surface area contributed by atoms with Gasteiger partial charge < -0.3 is 0 Å². The molecule has 0 N–H and O–H groups in total. The van der Waals surface area contributed by atoms with Gasteiger partial charge in [0.15, 0.2) is 0 Å². The van der Waals surface area contributed by atoms with E-state index in [-0.39, 0.29) is 0 Å². The third-order valence-corrected chi connectivity index (χ3v) is 2.68. The number of carbonyl (C=O) groups is 1. The van der Waals surface area contributed by atoms with Gasteiger partial charge in [0.25, 0.3) is 0 Å². The molecule has 1 saturated heterocycles. The number of benzene rings is 1. The molecular formula is C11H11F3N2O. The quantitative estimate of drug-likeness (QED) is 0.745. The van der Waals surface area contributed by atoms with Crippen molar-refractivity contribution < 1.29 is 18.0 Å². The lowest BCUT2D eigenvalue weighted by Crippen LogP contribution is -2.35. The highest BCUT2D eigenvalue weighted by Gasteiger charge is 2.30. The average molecular weight is 244 g/mol. The Kier molecular flexibility index (Phi) is 2.95. The maximum atomic E-state index is 12.4. The number of hydrogen-bond acceptors (Lipinski definition) is 2. The summed E-state index contributed by atoms with van der Waals surface area (Å²) >= 11 is 0. The Labute approximate surface area is 96.4 Å². The van der Waals surface area contributed by atoms with Gasteiger partial charge in [0.2, 0.25) is 6.41 Å². The van der Waals surface area contributed by atoms with Crippen LogP contribution in [0.1, 0.15) is 12.0 Å². The van der Waals surface area contributed by atoms with Crippen LogP contribution in [0.2, 0.25) is 0 Å². The van der Waals surface area contributed by atoms with Crippen LogP contribution in [0.3, 0.4) is 0 Å². The fourth-order valence-electron chi connectivity index (χ4n) is 1.84. The van der Waals surface area contributed by atoms with E-state index in [0.717, 1.165) is 18.6 Å². The second-order valence-corrected chi connectivity index (χ2v) is 3.79. The average Bonchev–Trinajstić information content (AvgIpc) is 2.76. The van der Waals surface area contributed by atoms with Gasteiger partial charge >= 0.3 is 6.18 Å². The molecule has 92 valence electrons. The van der Waals surface area contributed by atoms with E-state index in [0.29, 0.717) is 25.2 Å². The van der Waals surface area contributed by atoms with E-state index in [1.54, 1.807) is 5.01 Å². The summed E-state index contributed by atoms with van der Waals surface area (Å²) < 4.78 is 37.1. The lowest BCUT2D eigenvalue weighted by Gasteiger charge is -2.26. The molecule has 0 radical (unpaired) electrons. The number of anilines is 1. The van der Waals surface area contributed by atoms with Crippen LogP contribution in [0.15, 0.2) is 24.3 Å². The first-order chi connectivity index (χ1) is 8.02.